The van der Waals surface area contributed by atoms with Crippen LogP contribution < -0.4 is 11.1 Å². The van der Waals surface area contributed by atoms with E-state index in [2.05, 4.69) is 25.2 Å². The van der Waals surface area contributed by atoms with Crippen LogP contribution in [0.1, 0.15) is 33.1 Å². The summed E-state index contributed by atoms with van der Waals surface area (Å²) < 4.78 is 0. The van der Waals surface area contributed by atoms with Crippen molar-refractivity contribution >= 4 is 17.3 Å². The summed E-state index contributed by atoms with van der Waals surface area (Å²) in [6.07, 6.45) is 3.46. The predicted molar refractivity (Wildman–Crippen MR) is 74.5 cm³/mol. The Hall–Kier alpha value is -0.730. The number of hydrogen-bond donors (Lipinski definition) is 2. The number of rotatable bonds is 3. The summed E-state index contributed by atoms with van der Waals surface area (Å²) in [5, 5.41) is 4.35. The largest absolute Gasteiger partial charge is 0.378 e. The lowest BCUT2D eigenvalue weighted by molar-refractivity contribution is 0.351. The molecular weight excluding hydrogens is 232 g/mol. The van der Waals surface area contributed by atoms with Crippen molar-refractivity contribution in [1.29, 1.82) is 0 Å². The molecule has 0 aliphatic heterocycles. The second-order valence-electron chi connectivity index (χ2n) is 5.96. The van der Waals surface area contributed by atoms with Gasteiger partial charge in [-0.25, -0.2) is 0 Å². The maximum atomic E-state index is 6.00. The van der Waals surface area contributed by atoms with Crippen LogP contribution in [-0.4, -0.2) is 12.1 Å². The van der Waals surface area contributed by atoms with E-state index in [1.165, 1.54) is 6.42 Å². The molecule has 3 heteroatoms. The molecule has 0 bridgehead atoms. The molecule has 0 heterocycles. The summed E-state index contributed by atoms with van der Waals surface area (Å²) in [5.41, 5.74) is 7.47. The number of anilines is 1. The van der Waals surface area contributed by atoms with Crippen molar-refractivity contribution in [3.8, 4) is 0 Å². The Morgan fingerprint density at radius 3 is 2.65 bits per heavy atom. The van der Waals surface area contributed by atoms with Crippen LogP contribution in [0.2, 0.25) is 5.02 Å². The van der Waals surface area contributed by atoms with E-state index in [1.54, 1.807) is 0 Å². The van der Waals surface area contributed by atoms with Crippen LogP contribution in [0.15, 0.2) is 24.3 Å². The van der Waals surface area contributed by atoms with Crippen molar-refractivity contribution in [1.82, 2.24) is 0 Å². The Balaban J connectivity index is 2.16. The summed E-state index contributed by atoms with van der Waals surface area (Å²) in [5.74, 6) is 0. The first kappa shape index (κ1) is 12.7. The molecule has 3 N–H and O–H groups in total. The molecule has 1 unspecified atom stereocenters. The fourth-order valence-electron chi connectivity index (χ4n) is 2.87. The van der Waals surface area contributed by atoms with Gasteiger partial charge in [-0.2, -0.15) is 0 Å². The molecule has 94 valence electrons. The number of nitrogens with two attached hydrogens (primary N) is 1. The van der Waals surface area contributed by atoms with E-state index in [4.69, 9.17) is 17.3 Å². The summed E-state index contributed by atoms with van der Waals surface area (Å²) in [6.45, 7) is 5.29. The van der Waals surface area contributed by atoms with Crippen LogP contribution in [-0.2, 0) is 0 Å². The van der Waals surface area contributed by atoms with Gasteiger partial charge in [0.15, 0.2) is 0 Å². The SMILES string of the molecule is CC1(C)CCC(CN)(Nc2cccc(Cl)c2)C1. The fraction of sp³-hybridized carbons (Fsp3) is 0.571. The van der Waals surface area contributed by atoms with Gasteiger partial charge in [0.2, 0.25) is 0 Å². The normalized spacial score (nSPS) is 27.1. The van der Waals surface area contributed by atoms with E-state index < -0.39 is 0 Å². The summed E-state index contributed by atoms with van der Waals surface area (Å²) in [7, 11) is 0. The maximum Gasteiger partial charge on any atom is 0.0501 e. The Morgan fingerprint density at radius 2 is 2.12 bits per heavy atom. The lowest BCUT2D eigenvalue weighted by atomic mass is 9.87. The fourth-order valence-corrected chi connectivity index (χ4v) is 3.07. The van der Waals surface area contributed by atoms with E-state index in [-0.39, 0.29) is 5.54 Å². The van der Waals surface area contributed by atoms with Crippen LogP contribution >= 0.6 is 11.6 Å². The lowest BCUT2D eigenvalue weighted by Crippen LogP contribution is -2.43. The molecule has 0 amide bonds. The van der Waals surface area contributed by atoms with Crippen LogP contribution in [0.25, 0.3) is 0 Å². The molecule has 1 fully saturated rings. The molecule has 1 aliphatic rings. The molecule has 0 aromatic heterocycles. The van der Waals surface area contributed by atoms with Crippen molar-refractivity contribution in [3.63, 3.8) is 0 Å². The molecule has 0 radical (unpaired) electrons. The Labute approximate surface area is 109 Å². The summed E-state index contributed by atoms with van der Waals surface area (Å²) in [6, 6.07) is 7.87. The third kappa shape index (κ3) is 2.93. The van der Waals surface area contributed by atoms with Gasteiger partial charge in [0, 0.05) is 17.3 Å². The third-order valence-electron chi connectivity index (χ3n) is 3.72. The van der Waals surface area contributed by atoms with E-state index >= 15 is 0 Å². The highest BCUT2D eigenvalue weighted by Crippen LogP contribution is 2.44. The maximum absolute atomic E-state index is 6.00. The van der Waals surface area contributed by atoms with E-state index in [0.717, 1.165) is 23.6 Å². The number of hydrogen-bond acceptors (Lipinski definition) is 2. The average Bonchev–Trinajstić information content (AvgIpc) is 2.55. The van der Waals surface area contributed by atoms with Crippen molar-refractivity contribution in [2.24, 2.45) is 11.1 Å². The van der Waals surface area contributed by atoms with Gasteiger partial charge in [-0.15, -0.1) is 0 Å². The number of halogens is 1. The molecule has 1 aliphatic carbocycles. The zero-order valence-corrected chi connectivity index (χ0v) is 11.3. The molecule has 2 nitrogen and oxygen atoms in total. The van der Waals surface area contributed by atoms with Gasteiger partial charge in [-0.3, -0.25) is 0 Å². The van der Waals surface area contributed by atoms with Gasteiger partial charge in [0.1, 0.15) is 0 Å². The van der Waals surface area contributed by atoms with E-state index in [9.17, 15) is 0 Å². The Morgan fingerprint density at radius 1 is 1.35 bits per heavy atom. The standard InChI is InChI=1S/C14H21ClN2/c1-13(2)6-7-14(9-13,10-16)17-12-5-3-4-11(15)8-12/h3-5,8,17H,6-7,9-10,16H2,1-2H3. The topological polar surface area (TPSA) is 38.0 Å². The quantitative estimate of drug-likeness (QED) is 0.862. The summed E-state index contributed by atoms with van der Waals surface area (Å²) >= 11 is 6.00. The smallest absolute Gasteiger partial charge is 0.0501 e. The van der Waals surface area contributed by atoms with Gasteiger partial charge in [0.05, 0.1) is 5.54 Å². The molecule has 0 spiro atoms. The molecule has 2 rings (SSSR count). The summed E-state index contributed by atoms with van der Waals surface area (Å²) in [4.78, 5) is 0. The lowest BCUT2D eigenvalue weighted by Gasteiger charge is -2.32. The van der Waals surface area contributed by atoms with E-state index in [0.29, 0.717) is 12.0 Å². The Bertz CT molecular complexity index is 403. The van der Waals surface area contributed by atoms with Crippen molar-refractivity contribution in [2.45, 2.75) is 38.6 Å². The molecule has 1 aromatic rings. The van der Waals surface area contributed by atoms with Crippen LogP contribution in [0.3, 0.4) is 0 Å². The van der Waals surface area contributed by atoms with Gasteiger partial charge in [-0.1, -0.05) is 31.5 Å². The van der Waals surface area contributed by atoms with Crippen molar-refractivity contribution in [2.75, 3.05) is 11.9 Å². The third-order valence-corrected chi connectivity index (χ3v) is 3.96. The molecule has 1 aromatic carbocycles. The Kier molecular flexibility index (Phi) is 3.37. The highest BCUT2D eigenvalue weighted by molar-refractivity contribution is 6.30. The van der Waals surface area contributed by atoms with Gasteiger partial charge >= 0.3 is 0 Å². The zero-order chi connectivity index (χ0) is 12.5. The van der Waals surface area contributed by atoms with E-state index in [1.807, 2.05) is 18.2 Å². The average molecular weight is 253 g/mol. The van der Waals surface area contributed by atoms with Crippen LogP contribution in [0.5, 0.6) is 0 Å². The minimum Gasteiger partial charge on any atom is -0.378 e. The second kappa shape index (κ2) is 4.51. The second-order valence-corrected chi connectivity index (χ2v) is 6.40. The van der Waals surface area contributed by atoms with Crippen LogP contribution in [0, 0.1) is 5.41 Å². The first-order valence-electron chi connectivity index (χ1n) is 6.19. The van der Waals surface area contributed by atoms with Crippen molar-refractivity contribution < 1.29 is 0 Å². The minimum atomic E-state index is 0.0359. The zero-order valence-electron chi connectivity index (χ0n) is 10.6. The number of nitrogens with one attached hydrogen (secondary N) is 1. The monoisotopic (exact) mass is 252 g/mol. The highest BCUT2D eigenvalue weighted by Gasteiger charge is 2.42. The highest BCUT2D eigenvalue weighted by atomic mass is 35.5. The molecule has 17 heavy (non-hydrogen) atoms. The van der Waals surface area contributed by atoms with Crippen LogP contribution in [0.4, 0.5) is 5.69 Å². The van der Waals surface area contributed by atoms with Gasteiger partial charge in [0.25, 0.3) is 0 Å². The predicted octanol–water partition coefficient (Wildman–Crippen LogP) is 3.66. The molecular formula is C14H21ClN2. The molecule has 1 atom stereocenters. The van der Waals surface area contributed by atoms with Crippen molar-refractivity contribution in [3.05, 3.63) is 29.3 Å². The first-order chi connectivity index (χ1) is 7.95. The number of benzene rings is 1. The first-order valence-corrected chi connectivity index (χ1v) is 6.56. The van der Waals surface area contributed by atoms with Gasteiger partial charge < -0.3 is 11.1 Å². The van der Waals surface area contributed by atoms with Gasteiger partial charge in [-0.05, 0) is 42.9 Å². The molecule has 0 saturated heterocycles. The molecule has 1 saturated carbocycles. The minimum absolute atomic E-state index is 0.0359.